The Bertz CT molecular complexity index is 1120. The highest BCUT2D eigenvalue weighted by Gasteiger charge is 2.12. The van der Waals surface area contributed by atoms with Gasteiger partial charge in [-0.3, -0.25) is 4.79 Å². The Morgan fingerprint density at radius 3 is 2.69 bits per heavy atom. The second kappa shape index (κ2) is 6.29. The lowest BCUT2D eigenvalue weighted by atomic mass is 10.2. The maximum absolute atomic E-state index is 13.2. The van der Waals surface area contributed by atoms with Crippen molar-refractivity contribution in [2.24, 2.45) is 0 Å². The monoisotopic (exact) mass is 347 g/mol. The van der Waals surface area contributed by atoms with E-state index in [9.17, 15) is 9.18 Å². The SMILES string of the molecule is Nc1cccc(-c2ccc3nc(C(=O)Nc4cccc(F)c4)cn3c2)n1. The number of nitrogens with one attached hydrogen (secondary N) is 1. The molecule has 4 rings (SSSR count). The molecule has 0 saturated carbocycles. The number of nitrogen functional groups attached to an aromatic ring is 1. The number of nitrogens with two attached hydrogens (primary N) is 1. The van der Waals surface area contributed by atoms with Gasteiger partial charge in [0.25, 0.3) is 5.91 Å². The first kappa shape index (κ1) is 15.8. The molecule has 0 spiro atoms. The number of hydrogen-bond donors (Lipinski definition) is 2. The molecule has 26 heavy (non-hydrogen) atoms. The zero-order chi connectivity index (χ0) is 18.1. The van der Waals surface area contributed by atoms with Crippen LogP contribution in [-0.2, 0) is 0 Å². The third-order valence-corrected chi connectivity index (χ3v) is 3.83. The minimum Gasteiger partial charge on any atom is -0.384 e. The number of anilines is 2. The number of benzene rings is 1. The first-order valence-electron chi connectivity index (χ1n) is 7.87. The number of imidazole rings is 1. The lowest BCUT2D eigenvalue weighted by Gasteiger charge is -2.02. The second-order valence-electron chi connectivity index (χ2n) is 5.72. The largest absolute Gasteiger partial charge is 0.384 e. The number of amides is 1. The normalized spacial score (nSPS) is 10.8. The van der Waals surface area contributed by atoms with Gasteiger partial charge in [-0.1, -0.05) is 12.1 Å². The highest BCUT2D eigenvalue weighted by atomic mass is 19.1. The number of pyridine rings is 2. The summed E-state index contributed by atoms with van der Waals surface area (Å²) < 4.78 is 15.0. The molecule has 3 aromatic heterocycles. The van der Waals surface area contributed by atoms with Crippen LogP contribution in [0.15, 0.2) is 67.0 Å². The highest BCUT2D eigenvalue weighted by Crippen LogP contribution is 2.19. The van der Waals surface area contributed by atoms with Gasteiger partial charge in [0.2, 0.25) is 0 Å². The predicted octanol–water partition coefficient (Wildman–Crippen LogP) is 3.37. The molecule has 128 valence electrons. The summed E-state index contributed by atoms with van der Waals surface area (Å²) in [5, 5.41) is 2.63. The van der Waals surface area contributed by atoms with Crippen LogP contribution in [0.4, 0.5) is 15.9 Å². The fourth-order valence-electron chi connectivity index (χ4n) is 2.63. The van der Waals surface area contributed by atoms with Crippen LogP contribution in [0.2, 0.25) is 0 Å². The average molecular weight is 347 g/mol. The molecular weight excluding hydrogens is 333 g/mol. The van der Waals surface area contributed by atoms with Gasteiger partial charge in [-0.05, 0) is 42.5 Å². The minimum atomic E-state index is -0.419. The average Bonchev–Trinajstić information content (AvgIpc) is 3.05. The predicted molar refractivity (Wildman–Crippen MR) is 97.2 cm³/mol. The maximum Gasteiger partial charge on any atom is 0.275 e. The van der Waals surface area contributed by atoms with Crippen molar-refractivity contribution in [2.75, 3.05) is 11.1 Å². The van der Waals surface area contributed by atoms with Crippen molar-refractivity contribution in [3.63, 3.8) is 0 Å². The van der Waals surface area contributed by atoms with Crippen LogP contribution in [0, 0.1) is 5.82 Å². The van der Waals surface area contributed by atoms with Gasteiger partial charge in [0.1, 0.15) is 23.0 Å². The van der Waals surface area contributed by atoms with Gasteiger partial charge in [-0.25, -0.2) is 14.4 Å². The van der Waals surface area contributed by atoms with Crippen molar-refractivity contribution in [3.05, 3.63) is 78.5 Å². The number of halogens is 1. The van der Waals surface area contributed by atoms with E-state index in [1.54, 1.807) is 28.8 Å². The molecule has 0 unspecified atom stereocenters. The summed E-state index contributed by atoms with van der Waals surface area (Å²) in [6.07, 6.45) is 3.43. The molecule has 0 fully saturated rings. The third-order valence-electron chi connectivity index (χ3n) is 3.83. The van der Waals surface area contributed by atoms with Crippen LogP contribution >= 0.6 is 0 Å². The number of nitrogens with zero attached hydrogens (tertiary/aromatic N) is 3. The Kier molecular flexibility index (Phi) is 3.81. The Hall–Kier alpha value is -3.74. The fraction of sp³-hybridized carbons (Fsp3) is 0. The van der Waals surface area contributed by atoms with Crippen molar-refractivity contribution in [3.8, 4) is 11.3 Å². The van der Waals surface area contributed by atoms with Crippen LogP contribution in [0.5, 0.6) is 0 Å². The molecule has 0 atom stereocenters. The molecule has 0 aliphatic rings. The van der Waals surface area contributed by atoms with Crippen LogP contribution in [0.1, 0.15) is 10.5 Å². The third kappa shape index (κ3) is 3.10. The summed E-state index contributed by atoms with van der Waals surface area (Å²) in [5.41, 5.74) is 8.51. The van der Waals surface area contributed by atoms with Gasteiger partial charge in [-0.15, -0.1) is 0 Å². The van der Waals surface area contributed by atoms with Gasteiger partial charge in [0.15, 0.2) is 0 Å². The first-order valence-corrected chi connectivity index (χ1v) is 7.87. The lowest BCUT2D eigenvalue weighted by Crippen LogP contribution is -2.12. The summed E-state index contributed by atoms with van der Waals surface area (Å²) in [7, 11) is 0. The molecule has 1 aromatic carbocycles. The van der Waals surface area contributed by atoms with E-state index in [2.05, 4.69) is 15.3 Å². The summed E-state index contributed by atoms with van der Waals surface area (Å²) in [4.78, 5) is 20.9. The Morgan fingerprint density at radius 1 is 1.04 bits per heavy atom. The quantitative estimate of drug-likeness (QED) is 0.595. The molecule has 6 nitrogen and oxygen atoms in total. The number of fused-ring (bicyclic) bond motifs is 1. The molecule has 0 saturated heterocycles. The molecule has 7 heteroatoms. The van der Waals surface area contributed by atoms with E-state index >= 15 is 0 Å². The number of carbonyl (C=O) groups excluding carboxylic acids is 1. The van der Waals surface area contributed by atoms with E-state index in [1.165, 1.54) is 18.2 Å². The van der Waals surface area contributed by atoms with E-state index in [0.717, 1.165) is 11.3 Å². The molecule has 3 heterocycles. The molecular formula is C19H14FN5O. The van der Waals surface area contributed by atoms with Crippen molar-refractivity contribution < 1.29 is 9.18 Å². The fourth-order valence-corrected chi connectivity index (χ4v) is 2.63. The smallest absolute Gasteiger partial charge is 0.275 e. The van der Waals surface area contributed by atoms with E-state index < -0.39 is 11.7 Å². The van der Waals surface area contributed by atoms with Gasteiger partial charge in [0, 0.05) is 23.6 Å². The Balaban J connectivity index is 1.64. The number of aromatic nitrogens is 3. The van der Waals surface area contributed by atoms with Crippen molar-refractivity contribution >= 4 is 23.1 Å². The molecule has 1 amide bonds. The summed E-state index contributed by atoms with van der Waals surface area (Å²) >= 11 is 0. The van der Waals surface area contributed by atoms with Crippen LogP contribution < -0.4 is 11.1 Å². The van der Waals surface area contributed by atoms with E-state index in [-0.39, 0.29) is 5.69 Å². The first-order chi connectivity index (χ1) is 12.6. The zero-order valence-electron chi connectivity index (χ0n) is 13.6. The zero-order valence-corrected chi connectivity index (χ0v) is 13.6. The molecule has 0 aliphatic heterocycles. The molecule has 0 bridgehead atoms. The van der Waals surface area contributed by atoms with E-state index in [1.807, 2.05) is 24.4 Å². The summed E-state index contributed by atoms with van der Waals surface area (Å²) in [6, 6.07) is 14.7. The van der Waals surface area contributed by atoms with Crippen molar-refractivity contribution in [1.29, 1.82) is 0 Å². The van der Waals surface area contributed by atoms with Crippen LogP contribution in [0.3, 0.4) is 0 Å². The number of carbonyl (C=O) groups is 1. The topological polar surface area (TPSA) is 85.3 Å². The highest BCUT2D eigenvalue weighted by molar-refractivity contribution is 6.03. The summed E-state index contributed by atoms with van der Waals surface area (Å²) in [6.45, 7) is 0. The standard InChI is InChI=1S/C19H14FN5O/c20-13-3-1-4-14(9-13)22-19(26)16-11-25-10-12(7-8-18(25)24-16)15-5-2-6-17(21)23-15/h1-11H,(H2,21,23)(H,22,26). The van der Waals surface area contributed by atoms with E-state index in [0.29, 0.717) is 17.2 Å². The van der Waals surface area contributed by atoms with Gasteiger partial charge >= 0.3 is 0 Å². The Morgan fingerprint density at radius 2 is 1.88 bits per heavy atom. The van der Waals surface area contributed by atoms with Crippen LogP contribution in [-0.4, -0.2) is 20.3 Å². The van der Waals surface area contributed by atoms with Gasteiger partial charge < -0.3 is 15.5 Å². The summed E-state index contributed by atoms with van der Waals surface area (Å²) in [5.74, 6) is -0.400. The molecule has 4 aromatic rings. The van der Waals surface area contributed by atoms with Crippen molar-refractivity contribution in [2.45, 2.75) is 0 Å². The van der Waals surface area contributed by atoms with E-state index in [4.69, 9.17) is 5.73 Å². The van der Waals surface area contributed by atoms with Crippen LogP contribution in [0.25, 0.3) is 16.9 Å². The second-order valence-corrected chi connectivity index (χ2v) is 5.72. The van der Waals surface area contributed by atoms with Crippen molar-refractivity contribution in [1.82, 2.24) is 14.4 Å². The van der Waals surface area contributed by atoms with Gasteiger partial charge in [-0.2, -0.15) is 0 Å². The molecule has 0 aliphatic carbocycles. The molecule has 3 N–H and O–H groups in total. The lowest BCUT2D eigenvalue weighted by molar-refractivity contribution is 0.102. The molecule has 0 radical (unpaired) electrons. The maximum atomic E-state index is 13.2. The number of hydrogen-bond acceptors (Lipinski definition) is 4. The van der Waals surface area contributed by atoms with Gasteiger partial charge in [0.05, 0.1) is 5.69 Å². The minimum absolute atomic E-state index is 0.229. The number of rotatable bonds is 3. The Labute approximate surface area is 148 Å².